The highest BCUT2D eigenvalue weighted by Gasteiger charge is 2.18. The van der Waals surface area contributed by atoms with Crippen LogP contribution in [0.5, 0.6) is 11.5 Å². The third kappa shape index (κ3) is 3.33. The lowest BCUT2D eigenvalue weighted by Gasteiger charge is -2.14. The lowest BCUT2D eigenvalue weighted by molar-refractivity contribution is 0.347. The van der Waals surface area contributed by atoms with Crippen LogP contribution in [0.1, 0.15) is 18.4 Å². The van der Waals surface area contributed by atoms with Gasteiger partial charge in [0, 0.05) is 11.6 Å². The monoisotopic (exact) mass is 305 g/mol. The van der Waals surface area contributed by atoms with Gasteiger partial charge >= 0.3 is 0 Å². The van der Waals surface area contributed by atoms with Crippen molar-refractivity contribution in [3.63, 3.8) is 0 Å². The quantitative estimate of drug-likeness (QED) is 0.822. The van der Waals surface area contributed by atoms with Crippen LogP contribution in [0.25, 0.3) is 0 Å². The fourth-order valence-electron chi connectivity index (χ4n) is 1.68. The van der Waals surface area contributed by atoms with E-state index in [1.165, 1.54) is 14.2 Å². The van der Waals surface area contributed by atoms with Crippen molar-refractivity contribution in [2.45, 2.75) is 19.3 Å². The van der Waals surface area contributed by atoms with Crippen LogP contribution >= 0.6 is 15.9 Å². The minimum absolute atomic E-state index is 0.292. The Morgan fingerprint density at radius 2 is 2.00 bits per heavy atom. The molecule has 0 aliphatic rings. The fourth-order valence-corrected chi connectivity index (χ4v) is 2.13. The molecule has 5 heteroatoms. The first-order valence-corrected chi connectivity index (χ1v) is 6.23. The van der Waals surface area contributed by atoms with Crippen LogP contribution in [0.15, 0.2) is 10.5 Å². The van der Waals surface area contributed by atoms with Crippen molar-refractivity contribution in [1.82, 2.24) is 0 Å². The smallest absolute Gasteiger partial charge is 0.166 e. The largest absolute Gasteiger partial charge is 0.493 e. The minimum atomic E-state index is -0.292. The summed E-state index contributed by atoms with van der Waals surface area (Å²) in [5.41, 5.74) is 5.96. The number of benzene rings is 1. The van der Waals surface area contributed by atoms with Gasteiger partial charge in [0.2, 0.25) is 0 Å². The van der Waals surface area contributed by atoms with Crippen LogP contribution in [0.3, 0.4) is 0 Å². The van der Waals surface area contributed by atoms with Gasteiger partial charge in [-0.3, -0.25) is 0 Å². The van der Waals surface area contributed by atoms with Crippen molar-refractivity contribution in [1.29, 1.82) is 0 Å². The highest BCUT2D eigenvalue weighted by molar-refractivity contribution is 9.10. The van der Waals surface area contributed by atoms with Gasteiger partial charge in [-0.1, -0.05) is 0 Å². The Bertz CT molecular complexity index is 385. The topological polar surface area (TPSA) is 44.5 Å². The number of hydrogen-bond donors (Lipinski definition) is 1. The molecule has 0 spiro atoms. The molecule has 0 aromatic heterocycles. The van der Waals surface area contributed by atoms with E-state index in [9.17, 15) is 4.39 Å². The average molecular weight is 306 g/mol. The SMILES string of the molecule is COc1cc(Br)c(F)c(CCCCN)c1OC. The zero-order valence-corrected chi connectivity index (χ0v) is 11.6. The summed E-state index contributed by atoms with van der Waals surface area (Å²) in [5, 5.41) is 0. The van der Waals surface area contributed by atoms with E-state index in [4.69, 9.17) is 15.2 Å². The maximum absolute atomic E-state index is 14.0. The molecule has 0 saturated heterocycles. The van der Waals surface area contributed by atoms with Crippen molar-refractivity contribution >= 4 is 15.9 Å². The number of ether oxygens (including phenoxy) is 2. The average Bonchev–Trinajstić information content (AvgIpc) is 2.34. The molecule has 0 aliphatic heterocycles. The molecule has 1 rings (SSSR count). The first kappa shape index (κ1) is 14.3. The zero-order chi connectivity index (χ0) is 12.8. The van der Waals surface area contributed by atoms with Gasteiger partial charge in [-0.15, -0.1) is 0 Å². The van der Waals surface area contributed by atoms with E-state index in [0.717, 1.165) is 12.8 Å². The Balaban J connectivity index is 3.09. The molecule has 0 fully saturated rings. The third-order valence-electron chi connectivity index (χ3n) is 2.54. The summed E-state index contributed by atoms with van der Waals surface area (Å²) < 4.78 is 24.8. The molecule has 0 aliphatic carbocycles. The molecule has 1 aromatic rings. The number of methoxy groups -OCH3 is 2. The van der Waals surface area contributed by atoms with Gasteiger partial charge in [0.15, 0.2) is 11.5 Å². The Morgan fingerprint density at radius 1 is 1.29 bits per heavy atom. The Hall–Kier alpha value is -0.810. The van der Waals surface area contributed by atoms with E-state index in [0.29, 0.717) is 34.5 Å². The molecule has 0 radical (unpaired) electrons. The first-order valence-electron chi connectivity index (χ1n) is 5.44. The molecule has 17 heavy (non-hydrogen) atoms. The summed E-state index contributed by atoms with van der Waals surface area (Å²) in [5.74, 6) is 0.702. The van der Waals surface area contributed by atoms with Crippen molar-refractivity contribution in [2.75, 3.05) is 20.8 Å². The Labute approximate surface area is 109 Å². The molecule has 0 amide bonds. The van der Waals surface area contributed by atoms with E-state index < -0.39 is 0 Å². The summed E-state index contributed by atoms with van der Waals surface area (Å²) in [6.45, 7) is 0.606. The molecular weight excluding hydrogens is 289 g/mol. The predicted octanol–water partition coefficient (Wildman–Crippen LogP) is 2.89. The van der Waals surface area contributed by atoms with Crippen molar-refractivity contribution < 1.29 is 13.9 Å². The predicted molar refractivity (Wildman–Crippen MR) is 69.2 cm³/mol. The molecule has 0 heterocycles. The molecule has 0 saturated carbocycles. The number of rotatable bonds is 6. The number of nitrogens with two attached hydrogens (primary N) is 1. The molecule has 3 nitrogen and oxygen atoms in total. The van der Waals surface area contributed by atoms with E-state index in [-0.39, 0.29) is 5.82 Å². The maximum Gasteiger partial charge on any atom is 0.166 e. The van der Waals surface area contributed by atoms with Crippen molar-refractivity contribution in [3.05, 3.63) is 21.9 Å². The molecule has 0 bridgehead atoms. The van der Waals surface area contributed by atoms with Gasteiger partial charge in [0.25, 0.3) is 0 Å². The van der Waals surface area contributed by atoms with Gasteiger partial charge in [0.1, 0.15) is 5.82 Å². The second-order valence-corrected chi connectivity index (χ2v) is 4.49. The van der Waals surface area contributed by atoms with E-state index in [1.54, 1.807) is 6.07 Å². The lowest BCUT2D eigenvalue weighted by Crippen LogP contribution is -2.03. The first-order chi connectivity index (χ1) is 8.15. The van der Waals surface area contributed by atoms with E-state index in [1.807, 2.05) is 0 Å². The number of unbranched alkanes of at least 4 members (excludes halogenated alkanes) is 1. The van der Waals surface area contributed by atoms with Crippen LogP contribution in [-0.4, -0.2) is 20.8 Å². The summed E-state index contributed by atoms with van der Waals surface area (Å²) >= 11 is 3.17. The number of hydrogen-bond acceptors (Lipinski definition) is 3. The Morgan fingerprint density at radius 3 is 2.53 bits per heavy atom. The lowest BCUT2D eigenvalue weighted by atomic mass is 10.1. The van der Waals surface area contributed by atoms with Crippen LogP contribution in [0, 0.1) is 5.82 Å². The molecule has 96 valence electrons. The van der Waals surface area contributed by atoms with Crippen molar-refractivity contribution in [2.24, 2.45) is 5.73 Å². The standard InChI is InChI=1S/C12H17BrFNO2/c1-16-10-7-9(13)11(14)8(12(10)17-2)5-3-4-6-15/h7H,3-6,15H2,1-2H3. The third-order valence-corrected chi connectivity index (χ3v) is 3.11. The molecule has 1 aromatic carbocycles. The molecule has 2 N–H and O–H groups in total. The molecule has 0 atom stereocenters. The minimum Gasteiger partial charge on any atom is -0.493 e. The van der Waals surface area contributed by atoms with Crippen molar-refractivity contribution in [3.8, 4) is 11.5 Å². The normalized spacial score (nSPS) is 10.4. The number of halogens is 2. The zero-order valence-electron chi connectivity index (χ0n) is 10.1. The van der Waals surface area contributed by atoms with E-state index in [2.05, 4.69) is 15.9 Å². The summed E-state index contributed by atoms with van der Waals surface area (Å²) in [7, 11) is 3.05. The second kappa shape index (κ2) is 6.81. The Kier molecular flexibility index (Phi) is 5.71. The van der Waals surface area contributed by atoms with Gasteiger partial charge in [-0.25, -0.2) is 4.39 Å². The summed E-state index contributed by atoms with van der Waals surface area (Å²) in [6.07, 6.45) is 2.27. The van der Waals surface area contributed by atoms with Crippen LogP contribution < -0.4 is 15.2 Å². The van der Waals surface area contributed by atoms with E-state index >= 15 is 0 Å². The van der Waals surface area contributed by atoms with Gasteiger partial charge < -0.3 is 15.2 Å². The maximum atomic E-state index is 14.0. The highest BCUT2D eigenvalue weighted by atomic mass is 79.9. The van der Waals surface area contributed by atoms with Gasteiger partial charge in [-0.2, -0.15) is 0 Å². The van der Waals surface area contributed by atoms with Gasteiger partial charge in [-0.05, 0) is 41.7 Å². The highest BCUT2D eigenvalue weighted by Crippen LogP contribution is 2.38. The van der Waals surface area contributed by atoms with Crippen LogP contribution in [0.4, 0.5) is 4.39 Å². The van der Waals surface area contributed by atoms with Crippen LogP contribution in [-0.2, 0) is 6.42 Å². The second-order valence-electron chi connectivity index (χ2n) is 3.63. The van der Waals surface area contributed by atoms with Gasteiger partial charge in [0.05, 0.1) is 18.7 Å². The fraction of sp³-hybridized carbons (Fsp3) is 0.500. The van der Waals surface area contributed by atoms with Crippen LogP contribution in [0.2, 0.25) is 0 Å². The summed E-state index contributed by atoms with van der Waals surface area (Å²) in [4.78, 5) is 0. The molecule has 0 unspecified atom stereocenters. The summed E-state index contributed by atoms with van der Waals surface area (Å²) in [6, 6.07) is 1.57. The molecular formula is C12H17BrFNO2.